The van der Waals surface area contributed by atoms with E-state index in [-0.39, 0.29) is 10.1 Å². The van der Waals surface area contributed by atoms with Crippen molar-refractivity contribution in [1.29, 1.82) is 0 Å². The van der Waals surface area contributed by atoms with Crippen LogP contribution in [0.5, 0.6) is 0 Å². The van der Waals surface area contributed by atoms with Crippen molar-refractivity contribution in [3.05, 3.63) is 40.8 Å². The molecule has 0 aliphatic carbocycles. The molecule has 0 atom stereocenters. The molecule has 4 N–H and O–H groups in total. The van der Waals surface area contributed by atoms with Gasteiger partial charge in [0.15, 0.2) is 0 Å². The molecule has 1 aliphatic rings. The maximum absolute atomic E-state index is 12.7. The maximum Gasteiger partial charge on any atom is 0.319 e. The van der Waals surface area contributed by atoms with Crippen LogP contribution >= 0.6 is 11.3 Å². The highest BCUT2D eigenvalue weighted by Crippen LogP contribution is 2.31. The molecule has 0 spiro atoms. The maximum atomic E-state index is 12.7. The summed E-state index contributed by atoms with van der Waals surface area (Å²) in [6.07, 6.45) is 2.19. The minimum Gasteiger partial charge on any atom is -0.356 e. The van der Waals surface area contributed by atoms with Gasteiger partial charge in [0, 0.05) is 24.9 Å². The Labute approximate surface area is 167 Å². The molecule has 1 aliphatic heterocycles. The van der Waals surface area contributed by atoms with Crippen molar-refractivity contribution in [2.45, 2.75) is 30.4 Å². The van der Waals surface area contributed by atoms with Crippen LogP contribution in [0.3, 0.4) is 0 Å². The van der Waals surface area contributed by atoms with Crippen LogP contribution in [-0.4, -0.2) is 33.4 Å². The monoisotopic (exact) mass is 422 g/mol. The van der Waals surface area contributed by atoms with Gasteiger partial charge in [-0.1, -0.05) is 6.07 Å². The van der Waals surface area contributed by atoms with E-state index in [1.807, 2.05) is 6.07 Å². The van der Waals surface area contributed by atoms with Crippen LogP contribution in [0.15, 0.2) is 34.5 Å². The number of hydrogen-bond acceptors (Lipinski definition) is 5. The van der Waals surface area contributed by atoms with Crippen molar-refractivity contribution in [3.63, 3.8) is 0 Å². The van der Waals surface area contributed by atoms with Crippen molar-refractivity contribution in [3.8, 4) is 0 Å². The van der Waals surface area contributed by atoms with Crippen molar-refractivity contribution >= 4 is 44.7 Å². The van der Waals surface area contributed by atoms with Gasteiger partial charge in [-0.25, -0.2) is 13.2 Å². The third-order valence-corrected chi connectivity index (χ3v) is 7.39. The van der Waals surface area contributed by atoms with Crippen LogP contribution < -0.4 is 20.7 Å². The average molecular weight is 423 g/mol. The summed E-state index contributed by atoms with van der Waals surface area (Å²) in [4.78, 5) is 24.9. The standard InChI is InChI=1S/C18H22N4O4S2/c1-12(23)20-9-8-15-6-7-17(27-15)28(25,26)21-14-5-4-13-3-2-10-22(18(19)24)16(13)11-14/h4-7,11,21H,2-3,8-10H2,1H3,(H2,19,24)(H,20,23). The molecule has 0 radical (unpaired) electrons. The normalized spacial score (nSPS) is 13.7. The van der Waals surface area contributed by atoms with Gasteiger partial charge in [0.2, 0.25) is 5.91 Å². The fraction of sp³-hybridized carbons (Fsp3) is 0.333. The van der Waals surface area contributed by atoms with Gasteiger partial charge >= 0.3 is 6.03 Å². The van der Waals surface area contributed by atoms with E-state index in [0.717, 1.165) is 34.6 Å². The number of benzene rings is 1. The molecule has 3 rings (SSSR count). The first-order valence-electron chi connectivity index (χ1n) is 8.82. The number of nitrogens with two attached hydrogens (primary N) is 1. The highest BCUT2D eigenvalue weighted by atomic mass is 32.2. The smallest absolute Gasteiger partial charge is 0.319 e. The number of thiophene rings is 1. The number of carbonyl (C=O) groups excluding carboxylic acids is 2. The Bertz CT molecular complexity index is 1000. The molecular formula is C18H22N4O4S2. The summed E-state index contributed by atoms with van der Waals surface area (Å²) in [7, 11) is -3.75. The van der Waals surface area contributed by atoms with E-state index in [4.69, 9.17) is 5.73 Å². The van der Waals surface area contributed by atoms with E-state index in [1.54, 1.807) is 24.3 Å². The van der Waals surface area contributed by atoms with Crippen LogP contribution in [0, 0.1) is 0 Å². The lowest BCUT2D eigenvalue weighted by Crippen LogP contribution is -2.39. The highest BCUT2D eigenvalue weighted by molar-refractivity contribution is 7.94. The molecule has 1 aromatic heterocycles. The van der Waals surface area contributed by atoms with Gasteiger partial charge in [-0.3, -0.25) is 14.4 Å². The predicted octanol–water partition coefficient (Wildman–Crippen LogP) is 2.06. The Morgan fingerprint density at radius 1 is 1.25 bits per heavy atom. The molecule has 8 nitrogen and oxygen atoms in total. The third-order valence-electron chi connectivity index (χ3n) is 4.37. The number of urea groups is 1. The average Bonchev–Trinajstić information content (AvgIpc) is 3.10. The molecule has 10 heteroatoms. The van der Waals surface area contributed by atoms with E-state index in [1.165, 1.54) is 11.8 Å². The molecule has 0 unspecified atom stereocenters. The summed E-state index contributed by atoms with van der Waals surface area (Å²) in [5, 5.41) is 2.68. The van der Waals surface area contributed by atoms with Gasteiger partial charge in [-0.15, -0.1) is 11.3 Å². The molecule has 2 aromatic rings. The van der Waals surface area contributed by atoms with Gasteiger partial charge in [-0.2, -0.15) is 0 Å². The first kappa shape index (κ1) is 20.2. The second-order valence-corrected chi connectivity index (χ2v) is 9.57. The number of rotatable bonds is 6. The topological polar surface area (TPSA) is 122 Å². The van der Waals surface area contributed by atoms with Crippen molar-refractivity contribution in [2.75, 3.05) is 22.7 Å². The molecule has 0 fully saturated rings. The number of hydrogen-bond donors (Lipinski definition) is 3. The molecular weight excluding hydrogens is 400 g/mol. The van der Waals surface area contributed by atoms with E-state index < -0.39 is 16.1 Å². The number of sulfonamides is 1. The lowest BCUT2D eigenvalue weighted by Gasteiger charge is -2.28. The second-order valence-electron chi connectivity index (χ2n) is 6.50. The zero-order chi connectivity index (χ0) is 20.3. The van der Waals surface area contributed by atoms with Crippen LogP contribution in [-0.2, 0) is 27.7 Å². The SMILES string of the molecule is CC(=O)NCCc1ccc(S(=O)(=O)Nc2ccc3c(c2)N(C(N)=O)CCC3)s1. The summed E-state index contributed by atoms with van der Waals surface area (Å²) < 4.78 is 28.2. The Morgan fingerprint density at radius 3 is 2.75 bits per heavy atom. The number of nitrogens with zero attached hydrogens (tertiary/aromatic N) is 1. The minimum atomic E-state index is -3.75. The highest BCUT2D eigenvalue weighted by Gasteiger charge is 2.23. The van der Waals surface area contributed by atoms with E-state index in [0.29, 0.717) is 30.9 Å². The van der Waals surface area contributed by atoms with Crippen molar-refractivity contribution < 1.29 is 18.0 Å². The van der Waals surface area contributed by atoms with Gasteiger partial charge in [0.1, 0.15) is 4.21 Å². The largest absolute Gasteiger partial charge is 0.356 e. The summed E-state index contributed by atoms with van der Waals surface area (Å²) in [5.74, 6) is -0.122. The van der Waals surface area contributed by atoms with Crippen molar-refractivity contribution in [1.82, 2.24) is 5.32 Å². The van der Waals surface area contributed by atoms with Crippen LogP contribution in [0.1, 0.15) is 23.8 Å². The molecule has 28 heavy (non-hydrogen) atoms. The molecule has 0 bridgehead atoms. The van der Waals surface area contributed by atoms with E-state index in [2.05, 4.69) is 10.0 Å². The summed E-state index contributed by atoms with van der Waals surface area (Å²) in [6.45, 7) is 2.41. The molecule has 1 aromatic carbocycles. The first-order chi connectivity index (χ1) is 13.3. The molecule has 0 saturated heterocycles. The number of amides is 3. The number of anilines is 2. The number of nitrogens with one attached hydrogen (secondary N) is 2. The lowest BCUT2D eigenvalue weighted by molar-refractivity contribution is -0.118. The molecule has 0 saturated carbocycles. The summed E-state index contributed by atoms with van der Waals surface area (Å²) in [6, 6.07) is 7.87. The first-order valence-corrected chi connectivity index (χ1v) is 11.1. The lowest BCUT2D eigenvalue weighted by atomic mass is 10.0. The number of aryl methyl sites for hydroxylation is 1. The zero-order valence-electron chi connectivity index (χ0n) is 15.4. The van der Waals surface area contributed by atoms with Gasteiger partial charge in [0.25, 0.3) is 10.0 Å². The predicted molar refractivity (Wildman–Crippen MR) is 109 cm³/mol. The summed E-state index contributed by atoms with van der Waals surface area (Å²) >= 11 is 1.16. The van der Waals surface area contributed by atoms with Gasteiger partial charge < -0.3 is 11.1 Å². The van der Waals surface area contributed by atoms with Crippen LogP contribution in [0.2, 0.25) is 0 Å². The zero-order valence-corrected chi connectivity index (χ0v) is 17.0. The third kappa shape index (κ3) is 4.63. The number of fused-ring (bicyclic) bond motifs is 1. The Balaban J connectivity index is 1.76. The van der Waals surface area contributed by atoms with Crippen LogP contribution in [0.4, 0.5) is 16.2 Å². The molecule has 3 amide bonds. The Morgan fingerprint density at radius 2 is 2.04 bits per heavy atom. The van der Waals surface area contributed by atoms with E-state index >= 15 is 0 Å². The number of primary amides is 1. The quantitative estimate of drug-likeness (QED) is 0.659. The van der Waals surface area contributed by atoms with Crippen LogP contribution in [0.25, 0.3) is 0 Å². The van der Waals surface area contributed by atoms with Crippen molar-refractivity contribution in [2.24, 2.45) is 5.73 Å². The summed E-state index contributed by atoms with van der Waals surface area (Å²) in [5.41, 5.74) is 7.41. The minimum absolute atomic E-state index is 0.122. The Kier molecular flexibility index (Phi) is 5.90. The van der Waals surface area contributed by atoms with E-state index in [9.17, 15) is 18.0 Å². The second kappa shape index (κ2) is 8.19. The Hall–Kier alpha value is -2.59. The molecule has 2 heterocycles. The van der Waals surface area contributed by atoms with Gasteiger partial charge in [-0.05, 0) is 49.1 Å². The fourth-order valence-corrected chi connectivity index (χ4v) is 5.48. The number of carbonyl (C=O) groups is 2. The van der Waals surface area contributed by atoms with Gasteiger partial charge in [0.05, 0.1) is 11.4 Å². The fourth-order valence-electron chi connectivity index (χ4n) is 3.07. The molecule has 150 valence electrons.